The molecule has 84 valence electrons. The topological polar surface area (TPSA) is 22.0 Å². The number of hydrogen-bond acceptors (Lipinski definition) is 1. The van der Waals surface area contributed by atoms with Crippen LogP contribution in [0.1, 0.15) is 36.8 Å². The summed E-state index contributed by atoms with van der Waals surface area (Å²) in [5.41, 5.74) is 3.24. The highest BCUT2D eigenvalue weighted by molar-refractivity contribution is 6.08. The van der Waals surface area contributed by atoms with Crippen LogP contribution >= 0.6 is 0 Å². The lowest BCUT2D eigenvalue weighted by Gasteiger charge is -2.06. The molecule has 0 aliphatic heterocycles. The Morgan fingerprint density at radius 2 is 1.94 bits per heavy atom. The highest BCUT2D eigenvalue weighted by Gasteiger charge is 2.17. The number of nitrogens with zero attached hydrogens (tertiary/aromatic N) is 1. The van der Waals surface area contributed by atoms with E-state index in [1.807, 2.05) is 18.2 Å². The maximum atomic E-state index is 11.8. The molecular weight excluding hydrogens is 198 g/mol. The van der Waals surface area contributed by atoms with Gasteiger partial charge in [0.05, 0.1) is 0 Å². The number of ketones is 1. The minimum atomic E-state index is 0.167. The third-order valence-electron chi connectivity index (χ3n) is 3.08. The summed E-state index contributed by atoms with van der Waals surface area (Å²) in [4.78, 5) is 11.8. The van der Waals surface area contributed by atoms with E-state index in [0.29, 0.717) is 0 Å². The minimum absolute atomic E-state index is 0.167. The van der Waals surface area contributed by atoms with Gasteiger partial charge in [-0.05, 0) is 26.3 Å². The molecule has 0 fully saturated rings. The average Bonchev–Trinajstić information content (AvgIpc) is 2.62. The molecule has 0 radical (unpaired) electrons. The largest absolute Gasteiger partial charge is 0.344 e. The maximum absolute atomic E-state index is 11.8. The summed E-state index contributed by atoms with van der Waals surface area (Å²) in [5.74, 6) is 0.167. The van der Waals surface area contributed by atoms with Crippen LogP contribution in [0.2, 0.25) is 0 Å². The van der Waals surface area contributed by atoms with Crippen molar-refractivity contribution >= 4 is 16.7 Å². The predicted molar refractivity (Wildman–Crippen MR) is 67.0 cm³/mol. The number of para-hydroxylation sites is 1. The van der Waals surface area contributed by atoms with Gasteiger partial charge in [-0.2, -0.15) is 0 Å². The summed E-state index contributed by atoms with van der Waals surface area (Å²) >= 11 is 0. The van der Waals surface area contributed by atoms with Crippen LogP contribution in [0.25, 0.3) is 10.9 Å². The van der Waals surface area contributed by atoms with Crippen LogP contribution in [0.4, 0.5) is 0 Å². The van der Waals surface area contributed by atoms with E-state index in [1.54, 1.807) is 6.92 Å². The van der Waals surface area contributed by atoms with Crippen molar-refractivity contribution in [2.45, 2.75) is 33.7 Å². The number of aromatic nitrogens is 1. The molecule has 0 saturated carbocycles. The third kappa shape index (κ3) is 1.45. The normalized spacial score (nSPS) is 10.9. The number of benzene rings is 1. The summed E-state index contributed by atoms with van der Waals surface area (Å²) in [5, 5.41) is 1.09. The molecule has 2 aromatic rings. The average molecular weight is 215 g/mol. The highest BCUT2D eigenvalue weighted by atomic mass is 16.1. The second-order valence-corrected chi connectivity index (χ2v) is 3.99. The molecule has 0 aliphatic carbocycles. The van der Waals surface area contributed by atoms with E-state index in [-0.39, 0.29) is 5.78 Å². The quantitative estimate of drug-likeness (QED) is 0.719. The van der Waals surface area contributed by atoms with Crippen LogP contribution < -0.4 is 0 Å². The summed E-state index contributed by atoms with van der Waals surface area (Å²) in [6, 6.07) is 8.15. The SMILES string of the molecule is CCc1c(C(C)=O)c2ccccc2n1CC. The summed E-state index contributed by atoms with van der Waals surface area (Å²) in [6.07, 6.45) is 0.900. The third-order valence-corrected chi connectivity index (χ3v) is 3.08. The van der Waals surface area contributed by atoms with Crippen LogP contribution in [0, 0.1) is 0 Å². The van der Waals surface area contributed by atoms with Gasteiger partial charge in [-0.1, -0.05) is 25.1 Å². The predicted octanol–water partition coefficient (Wildman–Crippen LogP) is 3.43. The number of fused-ring (bicyclic) bond motifs is 1. The van der Waals surface area contributed by atoms with E-state index < -0.39 is 0 Å². The Morgan fingerprint density at radius 1 is 1.25 bits per heavy atom. The van der Waals surface area contributed by atoms with Gasteiger partial charge in [-0.25, -0.2) is 0 Å². The van der Waals surface area contributed by atoms with Crippen molar-refractivity contribution in [2.75, 3.05) is 0 Å². The van der Waals surface area contributed by atoms with Crippen LogP contribution in [-0.4, -0.2) is 10.4 Å². The highest BCUT2D eigenvalue weighted by Crippen LogP contribution is 2.27. The van der Waals surface area contributed by atoms with Gasteiger partial charge in [0.15, 0.2) is 5.78 Å². The Morgan fingerprint density at radius 3 is 2.50 bits per heavy atom. The Balaban J connectivity index is 2.90. The van der Waals surface area contributed by atoms with Gasteiger partial charge in [-0.15, -0.1) is 0 Å². The van der Waals surface area contributed by atoms with Gasteiger partial charge in [0.1, 0.15) is 0 Å². The van der Waals surface area contributed by atoms with E-state index >= 15 is 0 Å². The molecule has 0 N–H and O–H groups in total. The standard InChI is InChI=1S/C14H17NO/c1-4-12-14(10(3)16)11-8-6-7-9-13(11)15(12)5-2/h6-9H,4-5H2,1-3H3. The Kier molecular flexibility index (Phi) is 2.82. The van der Waals surface area contributed by atoms with Crippen molar-refractivity contribution in [2.24, 2.45) is 0 Å². The smallest absolute Gasteiger partial charge is 0.162 e. The maximum Gasteiger partial charge on any atom is 0.162 e. The van der Waals surface area contributed by atoms with Crippen molar-refractivity contribution in [1.82, 2.24) is 4.57 Å². The molecule has 0 bridgehead atoms. The Hall–Kier alpha value is -1.57. The zero-order valence-corrected chi connectivity index (χ0v) is 10.1. The van der Waals surface area contributed by atoms with Crippen LogP contribution in [0.3, 0.4) is 0 Å². The number of rotatable bonds is 3. The van der Waals surface area contributed by atoms with Gasteiger partial charge < -0.3 is 4.57 Å². The molecule has 1 aromatic carbocycles. The van der Waals surface area contributed by atoms with Gasteiger partial charge in [0, 0.05) is 28.7 Å². The van der Waals surface area contributed by atoms with Crippen molar-refractivity contribution in [3.05, 3.63) is 35.5 Å². The van der Waals surface area contributed by atoms with Crippen LogP contribution in [0.15, 0.2) is 24.3 Å². The number of aryl methyl sites for hydroxylation is 1. The molecule has 2 nitrogen and oxygen atoms in total. The number of hydrogen-bond donors (Lipinski definition) is 0. The molecule has 16 heavy (non-hydrogen) atoms. The molecule has 1 aromatic heterocycles. The first-order valence-corrected chi connectivity index (χ1v) is 5.81. The fraction of sp³-hybridized carbons (Fsp3) is 0.357. The first kappa shape index (κ1) is 10.9. The molecule has 1 heterocycles. The molecule has 2 heteroatoms. The monoisotopic (exact) mass is 215 g/mol. The number of carbonyl (C=O) groups is 1. The van der Waals surface area contributed by atoms with Gasteiger partial charge >= 0.3 is 0 Å². The Bertz CT molecular complexity index is 537. The number of carbonyl (C=O) groups excluding carboxylic acids is 1. The summed E-state index contributed by atoms with van der Waals surface area (Å²) < 4.78 is 2.24. The molecule has 0 spiro atoms. The van der Waals surface area contributed by atoms with E-state index in [1.165, 1.54) is 5.52 Å². The second kappa shape index (κ2) is 4.12. The minimum Gasteiger partial charge on any atom is -0.344 e. The molecule has 0 aliphatic rings. The van der Waals surface area contributed by atoms with Gasteiger partial charge in [-0.3, -0.25) is 4.79 Å². The molecule has 2 rings (SSSR count). The molecular formula is C14H17NO. The zero-order valence-electron chi connectivity index (χ0n) is 10.1. The molecule has 0 saturated heterocycles. The van der Waals surface area contributed by atoms with Crippen molar-refractivity contribution < 1.29 is 4.79 Å². The van der Waals surface area contributed by atoms with Gasteiger partial charge in [0.25, 0.3) is 0 Å². The first-order chi connectivity index (χ1) is 7.70. The fourth-order valence-corrected chi connectivity index (χ4v) is 2.48. The lowest BCUT2D eigenvalue weighted by atomic mass is 10.1. The van der Waals surface area contributed by atoms with E-state index in [2.05, 4.69) is 24.5 Å². The van der Waals surface area contributed by atoms with Crippen molar-refractivity contribution in [1.29, 1.82) is 0 Å². The lowest BCUT2D eigenvalue weighted by molar-refractivity contribution is 0.101. The molecule has 0 unspecified atom stereocenters. The first-order valence-electron chi connectivity index (χ1n) is 5.81. The Labute approximate surface area is 95.9 Å². The molecule has 0 amide bonds. The zero-order chi connectivity index (χ0) is 11.7. The van der Waals surface area contributed by atoms with E-state index in [9.17, 15) is 4.79 Å². The van der Waals surface area contributed by atoms with Gasteiger partial charge in [0.2, 0.25) is 0 Å². The second-order valence-electron chi connectivity index (χ2n) is 3.99. The van der Waals surface area contributed by atoms with Crippen LogP contribution in [-0.2, 0) is 13.0 Å². The summed E-state index contributed by atoms with van der Waals surface area (Å²) in [7, 11) is 0. The molecule has 0 atom stereocenters. The lowest BCUT2D eigenvalue weighted by Crippen LogP contribution is -2.03. The van der Waals surface area contributed by atoms with Crippen molar-refractivity contribution in [3.8, 4) is 0 Å². The van der Waals surface area contributed by atoms with E-state index in [4.69, 9.17) is 0 Å². The van der Waals surface area contributed by atoms with E-state index in [0.717, 1.165) is 29.6 Å². The summed E-state index contributed by atoms with van der Waals surface area (Å²) in [6.45, 7) is 6.79. The van der Waals surface area contributed by atoms with Crippen LogP contribution in [0.5, 0.6) is 0 Å². The fourth-order valence-electron chi connectivity index (χ4n) is 2.48. The van der Waals surface area contributed by atoms with Crippen molar-refractivity contribution in [3.63, 3.8) is 0 Å². The number of Topliss-reactive ketones (excluding diaryl/α,β-unsaturated/α-hetero) is 1.